The van der Waals surface area contributed by atoms with E-state index in [-0.39, 0.29) is 18.9 Å². The molecule has 0 atom stereocenters. The van der Waals surface area contributed by atoms with Gasteiger partial charge in [-0.1, -0.05) is 48.0 Å². The molecule has 2 rings (SSSR count). The predicted octanol–water partition coefficient (Wildman–Crippen LogP) is 3.22. The Bertz CT molecular complexity index is 860. The van der Waals surface area contributed by atoms with Gasteiger partial charge in [-0.2, -0.15) is 0 Å². The monoisotopic (exact) mass is 424 g/mol. The highest BCUT2D eigenvalue weighted by atomic mass is 35.5. The van der Waals surface area contributed by atoms with Crippen molar-refractivity contribution in [3.8, 4) is 0 Å². The quantitative estimate of drug-likeness (QED) is 0.562. The Labute approximate surface area is 171 Å². The van der Waals surface area contributed by atoms with Crippen molar-refractivity contribution in [3.05, 3.63) is 65.2 Å². The topological polar surface area (TPSA) is 75.7 Å². The third kappa shape index (κ3) is 7.88. The summed E-state index contributed by atoms with van der Waals surface area (Å²) in [6.45, 7) is 1.53. The van der Waals surface area contributed by atoms with E-state index in [9.17, 15) is 13.2 Å². The van der Waals surface area contributed by atoms with Crippen molar-refractivity contribution < 1.29 is 17.9 Å². The number of rotatable bonds is 11. The zero-order valence-electron chi connectivity index (χ0n) is 15.8. The smallest absolute Gasteiger partial charge is 0.232 e. The molecule has 28 heavy (non-hydrogen) atoms. The molecule has 0 fully saturated rings. The van der Waals surface area contributed by atoms with Crippen molar-refractivity contribution >= 4 is 33.2 Å². The number of hydrogen-bond acceptors (Lipinski definition) is 4. The van der Waals surface area contributed by atoms with Crippen LogP contribution in [0.25, 0.3) is 0 Å². The lowest BCUT2D eigenvalue weighted by Gasteiger charge is -2.22. The zero-order valence-corrected chi connectivity index (χ0v) is 17.4. The lowest BCUT2D eigenvalue weighted by molar-refractivity contribution is -0.121. The third-order valence-corrected chi connectivity index (χ3v) is 5.37. The molecule has 1 N–H and O–H groups in total. The minimum absolute atomic E-state index is 0.136. The normalized spacial score (nSPS) is 11.2. The highest BCUT2D eigenvalue weighted by Crippen LogP contribution is 2.22. The summed E-state index contributed by atoms with van der Waals surface area (Å²) < 4.78 is 30.9. The van der Waals surface area contributed by atoms with E-state index < -0.39 is 10.0 Å². The molecule has 1 amide bonds. The van der Waals surface area contributed by atoms with Crippen LogP contribution in [0.1, 0.15) is 18.4 Å². The molecule has 0 aliphatic carbocycles. The summed E-state index contributed by atoms with van der Waals surface area (Å²) in [4.78, 5) is 11.9. The van der Waals surface area contributed by atoms with Gasteiger partial charge < -0.3 is 10.1 Å². The second-order valence-electron chi connectivity index (χ2n) is 6.31. The molecule has 2 aromatic rings. The Morgan fingerprint density at radius 2 is 1.89 bits per heavy atom. The molecule has 0 aliphatic rings. The minimum atomic E-state index is -3.46. The maximum Gasteiger partial charge on any atom is 0.232 e. The molecule has 0 unspecified atom stereocenters. The summed E-state index contributed by atoms with van der Waals surface area (Å²) in [5.41, 5.74) is 1.57. The summed E-state index contributed by atoms with van der Waals surface area (Å²) in [6.07, 6.45) is 1.76. The Hall–Kier alpha value is -2.09. The number of halogens is 1. The fourth-order valence-electron chi connectivity index (χ4n) is 2.62. The minimum Gasteiger partial charge on any atom is -0.375 e. The molecular weight excluding hydrogens is 400 g/mol. The summed E-state index contributed by atoms with van der Waals surface area (Å²) in [5, 5.41) is 3.24. The molecule has 0 bridgehead atoms. The van der Waals surface area contributed by atoms with Gasteiger partial charge in [0.25, 0.3) is 0 Å². The predicted molar refractivity (Wildman–Crippen MR) is 112 cm³/mol. The molecule has 0 heterocycles. The highest BCUT2D eigenvalue weighted by molar-refractivity contribution is 7.92. The first-order valence-corrected chi connectivity index (χ1v) is 11.2. The molecule has 0 saturated carbocycles. The number of nitrogens with one attached hydrogen (secondary N) is 1. The first-order valence-electron chi connectivity index (χ1n) is 8.98. The van der Waals surface area contributed by atoms with Gasteiger partial charge in [-0.25, -0.2) is 8.42 Å². The average molecular weight is 425 g/mol. The molecule has 0 saturated heterocycles. The first kappa shape index (κ1) is 22.2. The van der Waals surface area contributed by atoms with Gasteiger partial charge in [-0.05, 0) is 30.2 Å². The molecule has 8 heteroatoms. The lowest BCUT2D eigenvalue weighted by atomic mass is 10.2. The maximum absolute atomic E-state index is 12.0. The molecule has 0 aliphatic heterocycles. The largest absolute Gasteiger partial charge is 0.375 e. The van der Waals surface area contributed by atoms with Gasteiger partial charge >= 0.3 is 0 Å². The zero-order chi connectivity index (χ0) is 20.4. The molecule has 2 aromatic carbocycles. The Kier molecular flexibility index (Phi) is 8.76. The summed E-state index contributed by atoms with van der Waals surface area (Å²) in [5.74, 6) is -0.136. The number of carbonyl (C=O) groups is 1. The fraction of sp³-hybridized carbons (Fsp3) is 0.350. The van der Waals surface area contributed by atoms with Crippen LogP contribution in [0.3, 0.4) is 0 Å². The third-order valence-electron chi connectivity index (χ3n) is 3.94. The molecular formula is C20H25ClN2O4S. The number of ether oxygens (including phenoxy) is 1. The van der Waals surface area contributed by atoms with E-state index in [0.717, 1.165) is 11.8 Å². The Morgan fingerprint density at radius 1 is 1.14 bits per heavy atom. The van der Waals surface area contributed by atoms with E-state index in [1.807, 2.05) is 30.3 Å². The van der Waals surface area contributed by atoms with Crippen molar-refractivity contribution in [1.82, 2.24) is 5.32 Å². The van der Waals surface area contributed by atoms with Gasteiger partial charge in [0.15, 0.2) is 0 Å². The van der Waals surface area contributed by atoms with Gasteiger partial charge in [-0.3, -0.25) is 9.10 Å². The van der Waals surface area contributed by atoms with Crippen LogP contribution < -0.4 is 9.62 Å². The van der Waals surface area contributed by atoms with Crippen molar-refractivity contribution in [2.75, 3.05) is 30.3 Å². The number of hydrogen-bond donors (Lipinski definition) is 1. The number of sulfonamides is 1. The van der Waals surface area contributed by atoms with Crippen LogP contribution in [0.4, 0.5) is 5.69 Å². The van der Waals surface area contributed by atoms with Crippen molar-refractivity contribution in [2.24, 2.45) is 0 Å². The van der Waals surface area contributed by atoms with E-state index in [1.165, 1.54) is 4.31 Å². The van der Waals surface area contributed by atoms with E-state index >= 15 is 0 Å². The van der Waals surface area contributed by atoms with Crippen LogP contribution in [0, 0.1) is 0 Å². The van der Waals surface area contributed by atoms with Crippen LogP contribution in [-0.2, 0) is 26.2 Å². The van der Waals surface area contributed by atoms with Crippen molar-refractivity contribution in [2.45, 2.75) is 19.4 Å². The van der Waals surface area contributed by atoms with E-state index in [4.69, 9.17) is 16.3 Å². The Balaban J connectivity index is 1.69. The number of amides is 1. The van der Waals surface area contributed by atoms with Crippen molar-refractivity contribution in [3.63, 3.8) is 0 Å². The number of benzene rings is 2. The maximum atomic E-state index is 12.0. The van der Waals surface area contributed by atoms with E-state index in [2.05, 4.69) is 5.32 Å². The van der Waals surface area contributed by atoms with Crippen LogP contribution in [0.2, 0.25) is 5.02 Å². The van der Waals surface area contributed by atoms with Crippen LogP contribution in [-0.4, -0.2) is 40.3 Å². The summed E-state index contributed by atoms with van der Waals surface area (Å²) in [7, 11) is -3.46. The average Bonchev–Trinajstić information content (AvgIpc) is 2.65. The van der Waals surface area contributed by atoms with E-state index in [0.29, 0.717) is 36.9 Å². The second kappa shape index (κ2) is 11.0. The van der Waals surface area contributed by atoms with Gasteiger partial charge in [0.1, 0.15) is 0 Å². The van der Waals surface area contributed by atoms with Crippen molar-refractivity contribution in [1.29, 1.82) is 0 Å². The van der Waals surface area contributed by atoms with Crippen LogP contribution >= 0.6 is 11.6 Å². The first-order chi connectivity index (χ1) is 13.4. The second-order valence-corrected chi connectivity index (χ2v) is 8.65. The van der Waals surface area contributed by atoms with Gasteiger partial charge in [0, 0.05) is 24.5 Å². The van der Waals surface area contributed by atoms with Gasteiger partial charge in [-0.15, -0.1) is 0 Å². The Morgan fingerprint density at radius 3 is 2.57 bits per heavy atom. The standard InChI is InChI=1S/C20H25ClN2O4S/c1-28(25,26)23(19-10-5-9-18(21)15-19)13-6-11-20(24)22-12-14-27-16-17-7-3-2-4-8-17/h2-5,7-10,15H,6,11-14,16H2,1H3,(H,22,24). The molecule has 0 spiro atoms. The van der Waals surface area contributed by atoms with Gasteiger partial charge in [0.2, 0.25) is 15.9 Å². The number of carbonyl (C=O) groups excluding carboxylic acids is 1. The number of anilines is 1. The molecule has 0 aromatic heterocycles. The molecule has 6 nitrogen and oxygen atoms in total. The summed E-state index contributed by atoms with van der Waals surface area (Å²) >= 11 is 5.95. The highest BCUT2D eigenvalue weighted by Gasteiger charge is 2.17. The van der Waals surface area contributed by atoms with Crippen LogP contribution in [0.5, 0.6) is 0 Å². The fourth-order valence-corrected chi connectivity index (χ4v) is 3.76. The van der Waals surface area contributed by atoms with Crippen LogP contribution in [0.15, 0.2) is 54.6 Å². The molecule has 0 radical (unpaired) electrons. The van der Waals surface area contributed by atoms with Gasteiger partial charge in [0.05, 0.1) is 25.2 Å². The van der Waals surface area contributed by atoms with E-state index in [1.54, 1.807) is 24.3 Å². The summed E-state index contributed by atoms with van der Waals surface area (Å²) in [6, 6.07) is 16.4. The number of nitrogens with zero attached hydrogens (tertiary/aromatic N) is 1. The lowest BCUT2D eigenvalue weighted by Crippen LogP contribution is -2.32. The SMILES string of the molecule is CS(=O)(=O)N(CCCC(=O)NCCOCc1ccccc1)c1cccc(Cl)c1. The molecule has 152 valence electrons.